The van der Waals surface area contributed by atoms with Gasteiger partial charge in [-0.05, 0) is 35.5 Å². The third-order valence-corrected chi connectivity index (χ3v) is 5.88. The summed E-state index contributed by atoms with van der Waals surface area (Å²) in [5.74, 6) is 8.69. The van der Waals surface area contributed by atoms with Crippen LogP contribution in [0.1, 0.15) is 6.42 Å². The Bertz CT molecular complexity index is 413. The maximum atomic E-state index is 11.7. The van der Waals surface area contributed by atoms with E-state index in [0.29, 0.717) is 17.6 Å². The number of terminal acetylenes is 1. The van der Waals surface area contributed by atoms with Crippen molar-refractivity contribution in [3.05, 3.63) is 0 Å². The van der Waals surface area contributed by atoms with Gasteiger partial charge in [-0.15, -0.1) is 6.42 Å². The summed E-state index contributed by atoms with van der Waals surface area (Å²) >= 11 is 0. The third kappa shape index (κ3) is 0.303. The van der Waals surface area contributed by atoms with E-state index < -0.39 is 0 Å². The van der Waals surface area contributed by atoms with Gasteiger partial charge in [-0.3, -0.25) is 4.79 Å². The molecule has 6 aliphatic rings. The van der Waals surface area contributed by atoms with Crippen molar-refractivity contribution in [2.45, 2.75) is 6.42 Å². The molecule has 2 bridgehead atoms. The standard InChI is InChI=1S/C12H10O/c1-2-12-9-4-3-5(13)7(11(9)12)8-6(4)10(8)12/h1,4,6-11H,3H2. The smallest absolute Gasteiger partial charge is 0.136 e. The molecule has 0 aliphatic heterocycles. The van der Waals surface area contributed by atoms with Crippen LogP contribution in [0, 0.1) is 59.2 Å². The molecule has 6 aliphatic carbocycles. The lowest BCUT2D eigenvalue weighted by Crippen LogP contribution is -2.35. The van der Waals surface area contributed by atoms with Gasteiger partial charge in [-0.25, -0.2) is 0 Å². The highest BCUT2D eigenvalue weighted by molar-refractivity contribution is 5.88. The van der Waals surface area contributed by atoms with E-state index in [2.05, 4.69) is 5.92 Å². The molecule has 0 aromatic heterocycles. The molecule has 0 saturated heterocycles. The Morgan fingerprint density at radius 3 is 2.69 bits per heavy atom. The lowest BCUT2D eigenvalue weighted by atomic mass is 9.70. The van der Waals surface area contributed by atoms with E-state index >= 15 is 0 Å². The largest absolute Gasteiger partial charge is 0.299 e. The summed E-state index contributed by atoms with van der Waals surface area (Å²) in [6.45, 7) is 0. The molecule has 0 spiro atoms. The molecular weight excluding hydrogens is 160 g/mol. The van der Waals surface area contributed by atoms with E-state index in [-0.39, 0.29) is 5.41 Å². The first-order valence-corrected chi connectivity index (χ1v) is 5.33. The van der Waals surface area contributed by atoms with Crippen molar-refractivity contribution in [2.75, 3.05) is 0 Å². The molecule has 0 aromatic carbocycles. The first kappa shape index (κ1) is 5.86. The number of hydrogen-bond donors (Lipinski definition) is 0. The van der Waals surface area contributed by atoms with Crippen LogP contribution < -0.4 is 0 Å². The van der Waals surface area contributed by atoms with Gasteiger partial charge < -0.3 is 0 Å². The molecule has 1 heteroatoms. The summed E-state index contributed by atoms with van der Waals surface area (Å²) < 4.78 is 0. The molecule has 8 unspecified atom stereocenters. The SMILES string of the molecule is C#CC12C3C4C5CC(=O)C(C43)C1C52. The number of rotatable bonds is 0. The summed E-state index contributed by atoms with van der Waals surface area (Å²) in [6, 6.07) is 0. The van der Waals surface area contributed by atoms with Crippen LogP contribution in [0.5, 0.6) is 0 Å². The average Bonchev–Trinajstić information content (AvgIpc) is 2.94. The Balaban J connectivity index is 1.85. The number of carbonyl (C=O) groups is 1. The first-order valence-electron chi connectivity index (χ1n) is 5.33. The van der Waals surface area contributed by atoms with Gasteiger partial charge in [0, 0.05) is 17.8 Å². The van der Waals surface area contributed by atoms with E-state index in [9.17, 15) is 4.79 Å². The molecule has 0 N–H and O–H groups in total. The van der Waals surface area contributed by atoms with Crippen LogP contribution in [0.2, 0.25) is 0 Å². The van der Waals surface area contributed by atoms with Gasteiger partial charge in [0.2, 0.25) is 0 Å². The number of carbonyl (C=O) groups excluding carboxylic acids is 1. The van der Waals surface area contributed by atoms with Gasteiger partial charge in [0.1, 0.15) is 5.78 Å². The number of ketones is 1. The lowest BCUT2D eigenvalue weighted by Gasteiger charge is -2.32. The Morgan fingerprint density at radius 2 is 2.15 bits per heavy atom. The fourth-order valence-electron chi connectivity index (χ4n) is 5.87. The molecule has 0 amide bonds. The molecule has 6 saturated carbocycles. The highest BCUT2D eigenvalue weighted by atomic mass is 16.1. The lowest BCUT2D eigenvalue weighted by molar-refractivity contribution is -0.130. The minimum Gasteiger partial charge on any atom is -0.299 e. The molecular formula is C12H10O. The Kier molecular flexibility index (Phi) is 0.543. The van der Waals surface area contributed by atoms with Gasteiger partial charge in [-0.2, -0.15) is 0 Å². The molecule has 0 aromatic rings. The van der Waals surface area contributed by atoms with Crippen LogP contribution in [0.4, 0.5) is 0 Å². The molecule has 8 atom stereocenters. The maximum absolute atomic E-state index is 11.7. The van der Waals surface area contributed by atoms with Crippen molar-refractivity contribution in [3.8, 4) is 12.3 Å². The zero-order valence-corrected chi connectivity index (χ0v) is 7.23. The number of Topliss-reactive ketones (excluding diaryl/α,β-unsaturated/α-hetero) is 1. The minimum atomic E-state index is 0.261. The summed E-state index contributed by atoms with van der Waals surface area (Å²) in [4.78, 5) is 11.7. The fraction of sp³-hybridized carbons (Fsp3) is 0.750. The quantitative estimate of drug-likeness (QED) is 0.495. The monoisotopic (exact) mass is 170 g/mol. The molecule has 1 nitrogen and oxygen atoms in total. The predicted molar refractivity (Wildman–Crippen MR) is 45.3 cm³/mol. The molecule has 64 valence electrons. The van der Waals surface area contributed by atoms with E-state index in [1.165, 1.54) is 0 Å². The normalized spacial score (nSPS) is 78.1. The molecule has 0 heterocycles. The topological polar surface area (TPSA) is 17.1 Å². The van der Waals surface area contributed by atoms with Gasteiger partial charge in [0.15, 0.2) is 0 Å². The van der Waals surface area contributed by atoms with Gasteiger partial charge in [-0.1, -0.05) is 5.92 Å². The van der Waals surface area contributed by atoms with Crippen molar-refractivity contribution in [1.82, 2.24) is 0 Å². The Hall–Kier alpha value is -0.770. The predicted octanol–water partition coefficient (Wildman–Crippen LogP) is 0.947. The summed E-state index contributed by atoms with van der Waals surface area (Å²) in [6.07, 6.45) is 6.56. The molecule has 0 radical (unpaired) electrons. The van der Waals surface area contributed by atoms with Gasteiger partial charge >= 0.3 is 0 Å². The minimum absolute atomic E-state index is 0.261. The van der Waals surface area contributed by atoms with Crippen LogP contribution >= 0.6 is 0 Å². The van der Waals surface area contributed by atoms with Crippen molar-refractivity contribution in [2.24, 2.45) is 46.8 Å². The second-order valence-electron chi connectivity index (χ2n) is 5.67. The second-order valence-corrected chi connectivity index (χ2v) is 5.67. The van der Waals surface area contributed by atoms with E-state index in [1.807, 2.05) is 0 Å². The van der Waals surface area contributed by atoms with Crippen molar-refractivity contribution < 1.29 is 4.79 Å². The highest BCUT2D eigenvalue weighted by Gasteiger charge is 2.96. The van der Waals surface area contributed by atoms with Crippen LogP contribution in [0.15, 0.2) is 0 Å². The number of fused-ring (bicyclic) bond motifs is 1. The summed E-state index contributed by atoms with van der Waals surface area (Å²) in [5, 5.41) is 0. The van der Waals surface area contributed by atoms with Crippen LogP contribution in [-0.2, 0) is 4.79 Å². The van der Waals surface area contributed by atoms with Gasteiger partial charge in [0.25, 0.3) is 0 Å². The zero-order chi connectivity index (χ0) is 8.53. The van der Waals surface area contributed by atoms with Gasteiger partial charge in [0.05, 0.1) is 0 Å². The first-order chi connectivity index (χ1) is 6.32. The van der Waals surface area contributed by atoms with Crippen molar-refractivity contribution in [3.63, 3.8) is 0 Å². The van der Waals surface area contributed by atoms with Crippen LogP contribution in [0.3, 0.4) is 0 Å². The molecule has 6 fully saturated rings. The van der Waals surface area contributed by atoms with Crippen molar-refractivity contribution >= 4 is 5.78 Å². The third-order valence-electron chi connectivity index (χ3n) is 5.88. The maximum Gasteiger partial charge on any atom is 0.136 e. The fourth-order valence-corrected chi connectivity index (χ4v) is 5.87. The van der Waals surface area contributed by atoms with Crippen molar-refractivity contribution in [1.29, 1.82) is 0 Å². The number of hydrogen-bond acceptors (Lipinski definition) is 1. The van der Waals surface area contributed by atoms with Crippen LogP contribution in [-0.4, -0.2) is 5.78 Å². The molecule has 6 rings (SSSR count). The highest BCUT2D eigenvalue weighted by Crippen LogP contribution is 2.96. The van der Waals surface area contributed by atoms with E-state index in [4.69, 9.17) is 6.42 Å². The summed E-state index contributed by atoms with van der Waals surface area (Å²) in [7, 11) is 0. The van der Waals surface area contributed by atoms with E-state index in [0.717, 1.165) is 36.0 Å². The van der Waals surface area contributed by atoms with Crippen LogP contribution in [0.25, 0.3) is 0 Å². The Morgan fingerprint density at radius 1 is 1.31 bits per heavy atom. The average molecular weight is 170 g/mol. The van der Waals surface area contributed by atoms with E-state index in [1.54, 1.807) is 0 Å². The molecule has 13 heavy (non-hydrogen) atoms. The second kappa shape index (κ2) is 1.21. The Labute approximate surface area is 76.9 Å². The summed E-state index contributed by atoms with van der Waals surface area (Å²) in [5.41, 5.74) is 0.261. The zero-order valence-electron chi connectivity index (χ0n) is 7.23.